The summed E-state index contributed by atoms with van der Waals surface area (Å²) in [7, 11) is 0. The number of H-pyrrole nitrogens is 1. The molecule has 0 aliphatic carbocycles. The molecule has 2 aliphatic rings. The van der Waals surface area contributed by atoms with Crippen molar-refractivity contribution in [3.63, 3.8) is 0 Å². The number of nitrogens with zero attached hydrogens (tertiary/aromatic N) is 5. The Morgan fingerprint density at radius 3 is 2.61 bits per heavy atom. The van der Waals surface area contributed by atoms with E-state index in [-0.39, 0.29) is 36.1 Å². The number of hydrogen-bond acceptors (Lipinski definition) is 5. The predicted molar refractivity (Wildman–Crippen MR) is 133 cm³/mol. The van der Waals surface area contributed by atoms with Gasteiger partial charge in [0.15, 0.2) is 5.65 Å². The summed E-state index contributed by atoms with van der Waals surface area (Å²) >= 11 is 0. The number of piperidine rings is 1. The number of aromatic nitrogens is 3. The van der Waals surface area contributed by atoms with Crippen LogP contribution < -0.4 is 11.0 Å². The number of fused-ring (bicyclic) bond motifs is 1. The minimum absolute atomic E-state index is 0.00579. The van der Waals surface area contributed by atoms with E-state index >= 15 is 0 Å². The van der Waals surface area contributed by atoms with E-state index in [1.165, 1.54) is 0 Å². The average Bonchev–Trinajstić information content (AvgIpc) is 3.17. The van der Waals surface area contributed by atoms with Crippen molar-refractivity contribution in [1.29, 1.82) is 5.26 Å². The van der Waals surface area contributed by atoms with E-state index in [1.54, 1.807) is 26.6 Å². The van der Waals surface area contributed by atoms with Crippen molar-refractivity contribution in [3.05, 3.63) is 64.7 Å². The second-order valence-electron chi connectivity index (χ2n) is 9.45. The fourth-order valence-corrected chi connectivity index (χ4v) is 5.41. The predicted octanol–water partition coefficient (Wildman–Crippen LogP) is 2.37. The van der Waals surface area contributed by atoms with E-state index in [4.69, 9.17) is 0 Å². The fourth-order valence-electron chi connectivity index (χ4n) is 5.41. The number of hydrogen-bond donors (Lipinski definition) is 2. The van der Waals surface area contributed by atoms with Gasteiger partial charge in [0.1, 0.15) is 12.6 Å². The third kappa shape index (κ3) is 4.69. The van der Waals surface area contributed by atoms with Crippen molar-refractivity contribution in [3.8, 4) is 6.07 Å². The largest absolute Gasteiger partial charge is 0.327 e. The zero-order valence-electron chi connectivity index (χ0n) is 20.0. The highest BCUT2D eigenvalue weighted by Gasteiger charge is 2.34. The Bertz CT molecular complexity index is 1330. The molecule has 2 fully saturated rings. The summed E-state index contributed by atoms with van der Waals surface area (Å²) in [5.41, 5.74) is 2.26. The number of benzene rings is 1. The molecule has 2 atom stereocenters. The number of pyridine rings is 1. The molecule has 3 aromatic rings. The minimum Gasteiger partial charge on any atom is -0.327 e. The van der Waals surface area contributed by atoms with E-state index in [0.29, 0.717) is 44.5 Å². The van der Waals surface area contributed by atoms with Gasteiger partial charge in [-0.25, -0.2) is 14.6 Å². The topological polar surface area (TPSA) is 127 Å². The lowest BCUT2D eigenvalue weighted by molar-refractivity contribution is -0.132. The van der Waals surface area contributed by atoms with Crippen molar-refractivity contribution in [2.45, 2.75) is 43.7 Å². The van der Waals surface area contributed by atoms with Crippen LogP contribution in [0.2, 0.25) is 0 Å². The lowest BCUT2D eigenvalue weighted by atomic mass is 9.94. The number of amides is 3. The number of carbonyl (C=O) groups excluding carboxylic acids is 2. The quantitative estimate of drug-likeness (QED) is 0.546. The van der Waals surface area contributed by atoms with Gasteiger partial charge in [-0.1, -0.05) is 30.3 Å². The van der Waals surface area contributed by atoms with Crippen LogP contribution in [-0.4, -0.2) is 68.5 Å². The molecule has 186 valence electrons. The normalized spacial score (nSPS) is 21.2. The van der Waals surface area contributed by atoms with E-state index < -0.39 is 6.04 Å². The monoisotopic (exact) mass is 487 g/mol. The Morgan fingerprint density at radius 2 is 1.86 bits per heavy atom. The number of rotatable bonds is 4. The first-order valence-corrected chi connectivity index (χ1v) is 12.4. The molecule has 1 aromatic carbocycles. The summed E-state index contributed by atoms with van der Waals surface area (Å²) in [4.78, 5) is 49.1. The van der Waals surface area contributed by atoms with Crippen LogP contribution in [0, 0.1) is 11.3 Å². The minimum atomic E-state index is -0.667. The van der Waals surface area contributed by atoms with E-state index in [0.717, 1.165) is 17.5 Å². The lowest BCUT2D eigenvalue weighted by Crippen LogP contribution is -2.53. The first-order chi connectivity index (χ1) is 17.5. The zero-order valence-corrected chi connectivity index (χ0v) is 20.0. The number of imidazole rings is 1. The molecule has 2 aliphatic heterocycles. The van der Waals surface area contributed by atoms with Crippen molar-refractivity contribution < 1.29 is 9.59 Å². The number of nitrogens with one attached hydrogen (secondary N) is 2. The highest BCUT2D eigenvalue weighted by atomic mass is 16.2. The van der Waals surface area contributed by atoms with Gasteiger partial charge in [0.05, 0.1) is 11.6 Å². The summed E-state index contributed by atoms with van der Waals surface area (Å²) in [6.45, 7) is 1.41. The van der Waals surface area contributed by atoms with Gasteiger partial charge in [-0.2, -0.15) is 5.26 Å². The van der Waals surface area contributed by atoms with Crippen molar-refractivity contribution in [2.24, 2.45) is 0 Å². The summed E-state index contributed by atoms with van der Waals surface area (Å²) in [5, 5.41) is 12.2. The molecule has 0 spiro atoms. The molecule has 0 saturated carbocycles. The third-order valence-electron chi connectivity index (χ3n) is 7.29. The Morgan fingerprint density at radius 1 is 1.08 bits per heavy atom. The van der Waals surface area contributed by atoms with Crippen molar-refractivity contribution in [1.82, 2.24) is 29.7 Å². The summed E-state index contributed by atoms with van der Waals surface area (Å²) in [6.07, 6.45) is 4.15. The first-order valence-electron chi connectivity index (χ1n) is 12.4. The molecule has 0 bridgehead atoms. The molecule has 10 nitrogen and oxygen atoms in total. The Hall–Kier alpha value is -4.13. The van der Waals surface area contributed by atoms with Gasteiger partial charge in [0.25, 0.3) is 0 Å². The van der Waals surface area contributed by atoms with Crippen LogP contribution in [0.15, 0.2) is 53.5 Å². The van der Waals surface area contributed by atoms with Crippen LogP contribution in [0.1, 0.15) is 43.2 Å². The molecule has 4 heterocycles. The molecule has 2 N–H and O–H groups in total. The smallest absolute Gasteiger partial charge is 0.327 e. The molecule has 2 aromatic heterocycles. The zero-order chi connectivity index (χ0) is 25.1. The third-order valence-corrected chi connectivity index (χ3v) is 7.29. The highest BCUT2D eigenvalue weighted by molar-refractivity contribution is 5.87. The van der Waals surface area contributed by atoms with E-state index in [1.807, 2.05) is 36.4 Å². The van der Waals surface area contributed by atoms with Gasteiger partial charge in [0, 0.05) is 37.8 Å². The second kappa shape index (κ2) is 10.2. The number of aromatic amines is 1. The molecule has 2 unspecified atom stereocenters. The molecule has 3 amide bonds. The van der Waals surface area contributed by atoms with Crippen LogP contribution in [0.3, 0.4) is 0 Å². The van der Waals surface area contributed by atoms with Gasteiger partial charge in [0.2, 0.25) is 5.91 Å². The van der Waals surface area contributed by atoms with Crippen LogP contribution in [0.4, 0.5) is 4.79 Å². The van der Waals surface area contributed by atoms with E-state index in [9.17, 15) is 19.6 Å². The average molecular weight is 488 g/mol. The van der Waals surface area contributed by atoms with Crippen molar-refractivity contribution >= 4 is 23.1 Å². The molecular weight excluding hydrogens is 458 g/mol. The SMILES string of the molecule is N#CCN1CC(c2ccccc2)CCC(NC(=O)N2CCC(n3c(=O)[nH]c4ncccc43)CC2)C1=O. The maximum absolute atomic E-state index is 13.2. The van der Waals surface area contributed by atoms with Crippen LogP contribution in [0.5, 0.6) is 0 Å². The Kier molecular flexibility index (Phi) is 6.71. The summed E-state index contributed by atoms with van der Waals surface area (Å²) < 4.78 is 1.73. The highest BCUT2D eigenvalue weighted by Crippen LogP contribution is 2.28. The Labute approximate surface area is 208 Å². The number of likely N-dealkylation sites (tertiary alicyclic amines) is 2. The molecule has 36 heavy (non-hydrogen) atoms. The standard InChI is InChI=1S/C26H29N7O3/c27-12-16-32-17-19(18-5-2-1-3-6-18)8-9-21(24(32)34)29-25(35)31-14-10-20(11-15-31)33-22-7-4-13-28-23(22)30-26(33)36/h1-7,13,19-21H,8-11,14-17H2,(H,29,35)(H,28,30,36). The van der Waals surface area contributed by atoms with Crippen LogP contribution >= 0.6 is 0 Å². The Balaban J connectivity index is 1.23. The number of nitriles is 1. The maximum Gasteiger partial charge on any atom is 0.327 e. The molecule has 5 rings (SSSR count). The molecular formula is C26H29N7O3. The van der Waals surface area contributed by atoms with Gasteiger partial charge >= 0.3 is 11.7 Å². The fraction of sp³-hybridized carbons (Fsp3) is 0.423. The lowest BCUT2D eigenvalue weighted by Gasteiger charge is -2.33. The number of urea groups is 1. The van der Waals surface area contributed by atoms with Gasteiger partial charge in [-0.3, -0.25) is 14.3 Å². The van der Waals surface area contributed by atoms with E-state index in [2.05, 4.69) is 21.4 Å². The molecule has 10 heteroatoms. The number of carbonyl (C=O) groups is 2. The summed E-state index contributed by atoms with van der Waals surface area (Å²) in [6, 6.07) is 14.8. The van der Waals surface area contributed by atoms with Crippen LogP contribution in [0.25, 0.3) is 11.2 Å². The van der Waals surface area contributed by atoms with Gasteiger partial charge in [-0.15, -0.1) is 0 Å². The first kappa shape index (κ1) is 23.6. The van der Waals surface area contributed by atoms with Crippen molar-refractivity contribution in [2.75, 3.05) is 26.2 Å². The summed E-state index contributed by atoms with van der Waals surface area (Å²) in [5.74, 6) is -0.0961. The van der Waals surface area contributed by atoms with Gasteiger partial charge < -0.3 is 15.1 Å². The molecule has 2 saturated heterocycles. The molecule has 0 radical (unpaired) electrons. The van der Waals surface area contributed by atoms with Gasteiger partial charge in [-0.05, 0) is 43.4 Å². The van der Waals surface area contributed by atoms with Crippen LogP contribution in [-0.2, 0) is 4.79 Å². The second-order valence-corrected chi connectivity index (χ2v) is 9.45. The maximum atomic E-state index is 13.2.